The number of hydrogen-bond donors (Lipinski definition) is 3. The van der Waals surface area contributed by atoms with Crippen molar-refractivity contribution in [3.05, 3.63) is 35.7 Å². The Labute approximate surface area is 122 Å². The molecule has 0 saturated carbocycles. The minimum atomic E-state index is -0.370. The Hall–Kier alpha value is -2.54. The fourth-order valence-corrected chi connectivity index (χ4v) is 1.75. The maximum Gasteiger partial charge on any atom is 0.275 e. The first kappa shape index (κ1) is 14.9. The zero-order valence-corrected chi connectivity index (χ0v) is 12.0. The molecule has 7 nitrogen and oxygen atoms in total. The number of rotatable bonds is 6. The van der Waals surface area contributed by atoms with Gasteiger partial charge in [-0.15, -0.1) is 0 Å². The minimum Gasteiger partial charge on any atom is -0.489 e. The van der Waals surface area contributed by atoms with E-state index in [1.54, 1.807) is 13.2 Å². The van der Waals surface area contributed by atoms with Gasteiger partial charge in [-0.25, -0.2) is 0 Å². The molecule has 0 radical (unpaired) electrons. The summed E-state index contributed by atoms with van der Waals surface area (Å²) in [6.07, 6.45) is 1.39. The average molecular weight is 290 g/mol. The molecule has 0 aliphatic carbocycles. The number of hydrogen-bond acceptors (Lipinski definition) is 5. The van der Waals surface area contributed by atoms with E-state index < -0.39 is 0 Å². The number of nitrogens with two attached hydrogens (primary N) is 1. The van der Waals surface area contributed by atoms with Gasteiger partial charge in [-0.3, -0.25) is 9.89 Å². The van der Waals surface area contributed by atoms with Crippen LogP contribution in [0.25, 0.3) is 0 Å². The van der Waals surface area contributed by atoms with Gasteiger partial charge in [0.15, 0.2) is 0 Å². The number of amides is 1. The van der Waals surface area contributed by atoms with E-state index in [4.69, 9.17) is 15.2 Å². The fraction of sp³-hybridized carbons (Fsp3) is 0.286. The predicted octanol–water partition coefficient (Wildman–Crippen LogP) is 1.58. The van der Waals surface area contributed by atoms with Crippen molar-refractivity contribution in [3.8, 4) is 5.75 Å². The van der Waals surface area contributed by atoms with Crippen molar-refractivity contribution >= 4 is 17.3 Å². The lowest BCUT2D eigenvalue weighted by atomic mass is 10.2. The van der Waals surface area contributed by atoms with Gasteiger partial charge in [0.25, 0.3) is 5.91 Å². The number of anilines is 2. The van der Waals surface area contributed by atoms with E-state index in [-0.39, 0.29) is 11.6 Å². The zero-order valence-electron chi connectivity index (χ0n) is 12.0. The van der Waals surface area contributed by atoms with Gasteiger partial charge in [0.1, 0.15) is 18.1 Å². The van der Waals surface area contributed by atoms with Crippen molar-refractivity contribution in [1.29, 1.82) is 0 Å². The van der Waals surface area contributed by atoms with E-state index in [2.05, 4.69) is 15.5 Å². The second kappa shape index (κ2) is 6.76. The van der Waals surface area contributed by atoms with Crippen molar-refractivity contribution in [2.45, 2.75) is 6.92 Å². The molecule has 0 fully saturated rings. The van der Waals surface area contributed by atoms with Crippen LogP contribution < -0.4 is 15.8 Å². The molecule has 1 aromatic carbocycles. The minimum absolute atomic E-state index is 0.221. The van der Waals surface area contributed by atoms with Crippen molar-refractivity contribution in [1.82, 2.24) is 10.2 Å². The summed E-state index contributed by atoms with van der Waals surface area (Å²) in [5.74, 6) is 0.212. The molecule has 21 heavy (non-hydrogen) atoms. The quantitative estimate of drug-likeness (QED) is 0.701. The van der Waals surface area contributed by atoms with Crippen molar-refractivity contribution in [3.63, 3.8) is 0 Å². The molecule has 112 valence electrons. The number of nitrogens with one attached hydrogen (secondary N) is 2. The monoisotopic (exact) mass is 290 g/mol. The smallest absolute Gasteiger partial charge is 0.275 e. The fourth-order valence-electron chi connectivity index (χ4n) is 1.75. The maximum absolute atomic E-state index is 12.1. The van der Waals surface area contributed by atoms with Crippen LogP contribution in [0, 0.1) is 6.92 Å². The lowest BCUT2D eigenvalue weighted by Crippen LogP contribution is -2.15. The van der Waals surface area contributed by atoms with Crippen LogP contribution in [-0.2, 0) is 4.74 Å². The summed E-state index contributed by atoms with van der Waals surface area (Å²) in [6.45, 7) is 2.81. The number of carbonyl (C=O) groups is 1. The molecule has 2 rings (SSSR count). The number of aromatic amines is 1. The highest BCUT2D eigenvalue weighted by Gasteiger charge is 2.14. The Kier molecular flexibility index (Phi) is 4.78. The number of H-pyrrole nitrogens is 1. The molecule has 1 heterocycles. The van der Waals surface area contributed by atoms with Crippen LogP contribution in [0.2, 0.25) is 0 Å². The van der Waals surface area contributed by atoms with Crippen LogP contribution >= 0.6 is 0 Å². The number of benzene rings is 1. The second-order valence-corrected chi connectivity index (χ2v) is 4.50. The van der Waals surface area contributed by atoms with Gasteiger partial charge >= 0.3 is 0 Å². The van der Waals surface area contributed by atoms with Crippen molar-refractivity contribution < 1.29 is 14.3 Å². The summed E-state index contributed by atoms with van der Waals surface area (Å²) in [5.41, 5.74) is 7.76. The Balaban J connectivity index is 2.15. The maximum atomic E-state index is 12.1. The topological polar surface area (TPSA) is 102 Å². The highest BCUT2D eigenvalue weighted by molar-refractivity contribution is 6.06. The van der Waals surface area contributed by atoms with Gasteiger partial charge in [-0.1, -0.05) is 6.07 Å². The number of methoxy groups -OCH3 is 1. The molecule has 1 amide bonds. The molecule has 0 aliphatic rings. The predicted molar refractivity (Wildman–Crippen MR) is 79.5 cm³/mol. The number of nitrogen functional groups attached to an aromatic ring is 1. The van der Waals surface area contributed by atoms with Gasteiger partial charge in [-0.2, -0.15) is 5.10 Å². The van der Waals surface area contributed by atoms with Gasteiger partial charge in [-0.05, 0) is 24.6 Å². The first-order valence-electron chi connectivity index (χ1n) is 6.44. The van der Waals surface area contributed by atoms with Gasteiger partial charge in [0.05, 0.1) is 24.2 Å². The normalized spacial score (nSPS) is 10.4. The van der Waals surface area contributed by atoms with E-state index in [0.29, 0.717) is 30.3 Å². The highest BCUT2D eigenvalue weighted by Crippen LogP contribution is 2.26. The first-order valence-corrected chi connectivity index (χ1v) is 6.44. The molecule has 0 atom stereocenters. The van der Waals surface area contributed by atoms with E-state index in [9.17, 15) is 4.79 Å². The lowest BCUT2D eigenvalue weighted by molar-refractivity contribution is 0.102. The van der Waals surface area contributed by atoms with Crippen molar-refractivity contribution in [2.75, 3.05) is 31.4 Å². The molecule has 7 heteroatoms. The van der Waals surface area contributed by atoms with Crippen LogP contribution in [0.4, 0.5) is 11.4 Å². The molecule has 2 aromatic rings. The number of carbonyl (C=O) groups excluding carboxylic acids is 1. The molecule has 4 N–H and O–H groups in total. The standard InChI is InChI=1S/C14H18N4O3/c1-9-3-4-11(12(7-9)21-6-5-20-2)17-14(19)13-10(15)8-16-18-13/h3-4,7-8H,5-6,15H2,1-2H3,(H,16,18)(H,17,19). The molecule has 0 unspecified atom stereocenters. The third kappa shape index (κ3) is 3.73. The molecular formula is C14H18N4O3. The van der Waals surface area contributed by atoms with Crippen LogP contribution in [0.3, 0.4) is 0 Å². The molecule has 0 aliphatic heterocycles. The largest absolute Gasteiger partial charge is 0.489 e. The summed E-state index contributed by atoms with van der Waals surface area (Å²) >= 11 is 0. The summed E-state index contributed by atoms with van der Waals surface area (Å²) in [6, 6.07) is 5.51. The Bertz CT molecular complexity index is 624. The molecule has 0 spiro atoms. The number of aryl methyl sites for hydroxylation is 1. The highest BCUT2D eigenvalue weighted by atomic mass is 16.5. The van der Waals surface area contributed by atoms with Crippen LogP contribution in [0.5, 0.6) is 5.75 Å². The summed E-state index contributed by atoms with van der Waals surface area (Å²) in [4.78, 5) is 12.1. The summed E-state index contributed by atoms with van der Waals surface area (Å²) in [5, 5.41) is 9.04. The van der Waals surface area contributed by atoms with E-state index >= 15 is 0 Å². The summed E-state index contributed by atoms with van der Waals surface area (Å²) < 4.78 is 10.6. The molecule has 0 saturated heterocycles. The Morgan fingerprint density at radius 1 is 1.43 bits per heavy atom. The Morgan fingerprint density at radius 3 is 2.90 bits per heavy atom. The third-order valence-corrected chi connectivity index (χ3v) is 2.83. The van der Waals surface area contributed by atoms with E-state index in [1.807, 2.05) is 19.1 Å². The van der Waals surface area contributed by atoms with Crippen LogP contribution in [0.15, 0.2) is 24.4 Å². The first-order chi connectivity index (χ1) is 10.1. The molecule has 1 aromatic heterocycles. The van der Waals surface area contributed by atoms with Gasteiger partial charge in [0.2, 0.25) is 0 Å². The van der Waals surface area contributed by atoms with E-state index in [0.717, 1.165) is 5.56 Å². The average Bonchev–Trinajstić information content (AvgIpc) is 2.88. The zero-order chi connectivity index (χ0) is 15.2. The number of ether oxygens (including phenoxy) is 2. The molecular weight excluding hydrogens is 272 g/mol. The second-order valence-electron chi connectivity index (χ2n) is 4.50. The molecule has 0 bridgehead atoms. The lowest BCUT2D eigenvalue weighted by Gasteiger charge is -2.13. The SMILES string of the molecule is COCCOc1cc(C)ccc1NC(=O)c1[nH]ncc1N. The van der Waals surface area contributed by atoms with Gasteiger partial charge in [0, 0.05) is 7.11 Å². The number of nitrogens with zero attached hydrogens (tertiary/aromatic N) is 1. The van der Waals surface area contributed by atoms with Crippen molar-refractivity contribution in [2.24, 2.45) is 0 Å². The third-order valence-electron chi connectivity index (χ3n) is 2.83. The van der Waals surface area contributed by atoms with Gasteiger partial charge < -0.3 is 20.5 Å². The van der Waals surface area contributed by atoms with E-state index in [1.165, 1.54) is 6.20 Å². The van der Waals surface area contributed by atoms with Crippen LogP contribution in [0.1, 0.15) is 16.1 Å². The Morgan fingerprint density at radius 2 is 2.24 bits per heavy atom. The summed E-state index contributed by atoms with van der Waals surface area (Å²) in [7, 11) is 1.60. The number of aromatic nitrogens is 2. The van der Waals surface area contributed by atoms with Crippen LogP contribution in [-0.4, -0.2) is 36.4 Å².